The number of hydrogen-bond acceptors (Lipinski definition) is 3. The van der Waals surface area contributed by atoms with Gasteiger partial charge in [-0.1, -0.05) is 12.1 Å². The third-order valence-corrected chi connectivity index (χ3v) is 1.64. The van der Waals surface area contributed by atoms with Crippen LogP contribution < -0.4 is 5.32 Å². The number of phenolic OH excluding ortho intramolecular Hbond substituents is 1. The van der Waals surface area contributed by atoms with Crippen molar-refractivity contribution < 1.29 is 14.6 Å². The molecule has 0 bridgehead atoms. The third-order valence-electron chi connectivity index (χ3n) is 1.64. The molecule has 4 heteroatoms. The summed E-state index contributed by atoms with van der Waals surface area (Å²) in [4.78, 5) is 11.3. The fourth-order valence-corrected chi connectivity index (χ4v) is 0.960. The van der Waals surface area contributed by atoms with Crippen LogP contribution in [0.3, 0.4) is 0 Å². The number of benzene rings is 1. The van der Waals surface area contributed by atoms with E-state index in [0.29, 0.717) is 12.3 Å². The minimum atomic E-state index is -0.343. The van der Waals surface area contributed by atoms with Gasteiger partial charge in [0.25, 0.3) is 5.91 Å². The van der Waals surface area contributed by atoms with Crippen LogP contribution in [0.5, 0.6) is 5.75 Å². The zero-order valence-electron chi connectivity index (χ0n) is 8.43. The first-order valence-corrected chi connectivity index (χ1v) is 4.61. The van der Waals surface area contributed by atoms with E-state index >= 15 is 0 Å². The second-order valence-electron chi connectivity index (χ2n) is 2.76. The van der Waals surface area contributed by atoms with E-state index in [4.69, 9.17) is 4.74 Å². The Labute approximate surface area is 88.2 Å². The summed E-state index contributed by atoms with van der Waals surface area (Å²) in [6.45, 7) is 2.34. The molecule has 0 aromatic heterocycles. The van der Waals surface area contributed by atoms with Crippen molar-refractivity contribution in [3.63, 3.8) is 0 Å². The first-order chi connectivity index (χ1) is 7.24. The minimum Gasteiger partial charge on any atom is -0.506 e. The minimum absolute atomic E-state index is 0.0376. The van der Waals surface area contributed by atoms with Crippen molar-refractivity contribution in [2.24, 2.45) is 0 Å². The number of aromatic hydroxyl groups is 1. The number of phenols is 1. The van der Waals surface area contributed by atoms with E-state index < -0.39 is 0 Å². The summed E-state index contributed by atoms with van der Waals surface area (Å²) in [7, 11) is 0. The Morgan fingerprint density at radius 1 is 1.53 bits per heavy atom. The van der Waals surface area contributed by atoms with Crippen LogP contribution in [0.15, 0.2) is 36.6 Å². The number of nitrogens with one attached hydrogen (secondary N) is 1. The van der Waals surface area contributed by atoms with Crippen LogP contribution in [0.4, 0.5) is 5.69 Å². The quantitative estimate of drug-likeness (QED) is 0.450. The Morgan fingerprint density at radius 3 is 2.93 bits per heavy atom. The van der Waals surface area contributed by atoms with Gasteiger partial charge in [-0.3, -0.25) is 4.79 Å². The average molecular weight is 207 g/mol. The molecule has 80 valence electrons. The molecule has 1 aromatic carbocycles. The lowest BCUT2D eigenvalue weighted by Gasteiger charge is -2.03. The van der Waals surface area contributed by atoms with E-state index in [1.54, 1.807) is 18.2 Å². The van der Waals surface area contributed by atoms with E-state index in [1.807, 2.05) is 6.92 Å². The predicted octanol–water partition coefficient (Wildman–Crippen LogP) is 1.88. The standard InChI is InChI=1S/C11H13NO3/c1-2-15-8-7-11(14)12-9-5-3-4-6-10(9)13/h3-8,13H,2H2,1H3,(H,12,14)/b8-7+. The molecule has 0 aliphatic carbocycles. The smallest absolute Gasteiger partial charge is 0.251 e. The van der Waals surface area contributed by atoms with Crippen LogP contribution in [0, 0.1) is 0 Å². The van der Waals surface area contributed by atoms with Gasteiger partial charge >= 0.3 is 0 Å². The lowest BCUT2D eigenvalue weighted by molar-refractivity contribution is -0.112. The summed E-state index contributed by atoms with van der Waals surface area (Å²) in [5, 5.41) is 11.9. The molecule has 0 unspecified atom stereocenters. The molecule has 4 nitrogen and oxygen atoms in total. The zero-order valence-corrected chi connectivity index (χ0v) is 8.43. The largest absolute Gasteiger partial charge is 0.506 e. The maximum Gasteiger partial charge on any atom is 0.251 e. The molecule has 2 N–H and O–H groups in total. The van der Waals surface area contributed by atoms with Crippen LogP contribution in [0.2, 0.25) is 0 Å². The highest BCUT2D eigenvalue weighted by molar-refractivity contribution is 6.00. The Morgan fingerprint density at radius 2 is 2.27 bits per heavy atom. The summed E-state index contributed by atoms with van der Waals surface area (Å²) >= 11 is 0. The van der Waals surface area contributed by atoms with E-state index in [9.17, 15) is 9.90 Å². The molecule has 0 atom stereocenters. The van der Waals surface area contributed by atoms with E-state index in [-0.39, 0.29) is 11.7 Å². The molecule has 0 saturated heterocycles. The molecule has 0 fully saturated rings. The molecule has 1 rings (SSSR count). The van der Waals surface area contributed by atoms with Gasteiger partial charge in [-0.2, -0.15) is 0 Å². The van der Waals surface area contributed by atoms with Crippen LogP contribution in [-0.2, 0) is 9.53 Å². The molecule has 1 amide bonds. The van der Waals surface area contributed by atoms with Gasteiger partial charge in [0.15, 0.2) is 0 Å². The molecule has 15 heavy (non-hydrogen) atoms. The highest BCUT2D eigenvalue weighted by Crippen LogP contribution is 2.21. The summed E-state index contributed by atoms with van der Waals surface area (Å²) in [5.41, 5.74) is 0.378. The van der Waals surface area contributed by atoms with Gasteiger partial charge in [-0.05, 0) is 19.1 Å². The normalized spacial score (nSPS) is 10.2. The average Bonchev–Trinajstić information content (AvgIpc) is 2.22. The fraction of sp³-hybridized carbons (Fsp3) is 0.182. The van der Waals surface area contributed by atoms with Crippen molar-refractivity contribution in [1.29, 1.82) is 0 Å². The monoisotopic (exact) mass is 207 g/mol. The Balaban J connectivity index is 2.55. The van der Waals surface area contributed by atoms with Crippen LogP contribution in [0.25, 0.3) is 0 Å². The van der Waals surface area contributed by atoms with Gasteiger partial charge in [0.1, 0.15) is 5.75 Å². The highest BCUT2D eigenvalue weighted by Gasteiger charge is 2.01. The zero-order chi connectivity index (χ0) is 11.1. The third kappa shape index (κ3) is 3.72. The number of para-hydroxylation sites is 2. The molecule has 0 heterocycles. The lowest BCUT2D eigenvalue weighted by Crippen LogP contribution is -2.07. The highest BCUT2D eigenvalue weighted by atomic mass is 16.5. The number of anilines is 1. The topological polar surface area (TPSA) is 58.6 Å². The number of rotatable bonds is 4. The molecule has 0 saturated carbocycles. The van der Waals surface area contributed by atoms with Crippen molar-refractivity contribution in [2.45, 2.75) is 6.92 Å². The van der Waals surface area contributed by atoms with Gasteiger partial charge in [0.2, 0.25) is 0 Å². The molecular formula is C11H13NO3. The first-order valence-electron chi connectivity index (χ1n) is 4.61. The van der Waals surface area contributed by atoms with Gasteiger partial charge in [0.05, 0.1) is 18.6 Å². The first kappa shape index (κ1) is 11.1. The number of amides is 1. The van der Waals surface area contributed by atoms with Crippen molar-refractivity contribution in [2.75, 3.05) is 11.9 Å². The number of carbonyl (C=O) groups excluding carboxylic acids is 1. The number of hydrogen-bond donors (Lipinski definition) is 2. The van der Waals surface area contributed by atoms with Crippen molar-refractivity contribution in [3.05, 3.63) is 36.6 Å². The molecule has 0 radical (unpaired) electrons. The number of carbonyl (C=O) groups is 1. The van der Waals surface area contributed by atoms with Crippen LogP contribution in [0.1, 0.15) is 6.92 Å². The second kappa shape index (κ2) is 5.70. The van der Waals surface area contributed by atoms with Crippen molar-refractivity contribution >= 4 is 11.6 Å². The molecule has 0 aliphatic heterocycles. The van der Waals surface area contributed by atoms with Gasteiger partial charge in [-0.25, -0.2) is 0 Å². The van der Waals surface area contributed by atoms with Crippen LogP contribution >= 0.6 is 0 Å². The maximum absolute atomic E-state index is 11.3. The van der Waals surface area contributed by atoms with Crippen molar-refractivity contribution in [1.82, 2.24) is 0 Å². The predicted molar refractivity (Wildman–Crippen MR) is 57.5 cm³/mol. The maximum atomic E-state index is 11.3. The number of ether oxygens (including phenoxy) is 1. The van der Waals surface area contributed by atoms with Gasteiger partial charge in [0, 0.05) is 6.08 Å². The van der Waals surface area contributed by atoms with E-state index in [1.165, 1.54) is 18.4 Å². The molecule has 1 aromatic rings. The summed E-state index contributed by atoms with van der Waals surface area (Å²) in [6.07, 6.45) is 2.57. The Bertz CT molecular complexity index is 361. The Kier molecular flexibility index (Phi) is 4.22. The second-order valence-corrected chi connectivity index (χ2v) is 2.76. The molecule has 0 aliphatic rings. The van der Waals surface area contributed by atoms with E-state index in [2.05, 4.69) is 5.32 Å². The fourth-order valence-electron chi connectivity index (χ4n) is 0.960. The summed E-state index contributed by atoms with van der Waals surface area (Å²) in [5.74, 6) is -0.305. The van der Waals surface area contributed by atoms with Gasteiger partial charge < -0.3 is 15.2 Å². The molecule has 0 spiro atoms. The lowest BCUT2D eigenvalue weighted by atomic mass is 10.3. The Hall–Kier alpha value is -1.97. The SMILES string of the molecule is CCO/C=C/C(=O)Nc1ccccc1O. The van der Waals surface area contributed by atoms with Crippen LogP contribution in [-0.4, -0.2) is 17.6 Å². The van der Waals surface area contributed by atoms with Crippen molar-refractivity contribution in [3.8, 4) is 5.75 Å². The summed E-state index contributed by atoms with van der Waals surface area (Å²) in [6, 6.07) is 6.52. The van der Waals surface area contributed by atoms with Gasteiger partial charge in [-0.15, -0.1) is 0 Å². The molecular weight excluding hydrogens is 194 g/mol. The van der Waals surface area contributed by atoms with E-state index in [0.717, 1.165) is 0 Å². The summed E-state index contributed by atoms with van der Waals surface area (Å²) < 4.78 is 4.87.